The molecule has 29 heavy (non-hydrogen) atoms. The fraction of sp³-hybridized carbons (Fsp3) is 0.650. The van der Waals surface area contributed by atoms with E-state index in [0.29, 0.717) is 19.2 Å². The van der Waals surface area contributed by atoms with Crippen molar-refractivity contribution in [1.29, 1.82) is 0 Å². The van der Waals surface area contributed by atoms with Crippen LogP contribution in [0, 0.1) is 0 Å². The van der Waals surface area contributed by atoms with Crippen LogP contribution in [0.5, 0.6) is 0 Å². The number of aliphatic hydroxyl groups excluding tert-OH is 1. The zero-order valence-corrected chi connectivity index (χ0v) is 21.2. The van der Waals surface area contributed by atoms with Crippen LogP contribution in [0.2, 0.25) is 25.7 Å². The predicted octanol–water partition coefficient (Wildman–Crippen LogP) is 4.51. The first-order chi connectivity index (χ1) is 13.4. The van der Waals surface area contributed by atoms with Gasteiger partial charge in [-0.25, -0.2) is 15.0 Å². The van der Waals surface area contributed by atoms with Crippen LogP contribution in [0.25, 0.3) is 11.4 Å². The van der Waals surface area contributed by atoms with Crippen molar-refractivity contribution in [2.24, 2.45) is 0 Å². The van der Waals surface area contributed by atoms with Gasteiger partial charge in [-0.05, 0) is 35.0 Å². The third-order valence-electron chi connectivity index (χ3n) is 4.27. The fourth-order valence-electron chi connectivity index (χ4n) is 2.71. The maximum Gasteiger partial charge on any atom is 0.223 e. The van der Waals surface area contributed by atoms with Crippen molar-refractivity contribution >= 4 is 30.0 Å². The normalized spacial score (nSPS) is 13.6. The molecule has 9 heteroatoms. The first kappa shape index (κ1) is 24.0. The largest absolute Gasteiger partial charge is 0.392 e. The molecule has 2 heterocycles. The van der Waals surface area contributed by atoms with Crippen LogP contribution >= 0.6 is 15.9 Å². The molecule has 2 N–H and O–H groups in total. The highest BCUT2D eigenvalue weighted by Crippen LogP contribution is 2.33. The summed E-state index contributed by atoms with van der Waals surface area (Å²) >= 11 is 3.62. The SMILES string of the molecule is C[C@H](O)CNc1nccc(-c2c(Br)nc(C(C)(C)C)n2COCC[Si](C)(C)C)n1. The molecule has 162 valence electrons. The van der Waals surface area contributed by atoms with E-state index in [-0.39, 0.29) is 5.41 Å². The molecule has 0 saturated heterocycles. The lowest BCUT2D eigenvalue weighted by atomic mass is 9.96. The third-order valence-corrected chi connectivity index (χ3v) is 6.52. The summed E-state index contributed by atoms with van der Waals surface area (Å²) in [7, 11) is -1.15. The highest BCUT2D eigenvalue weighted by Gasteiger charge is 2.27. The first-order valence-corrected chi connectivity index (χ1v) is 14.5. The zero-order chi connectivity index (χ0) is 21.8. The molecule has 0 aliphatic carbocycles. The summed E-state index contributed by atoms with van der Waals surface area (Å²) in [4.78, 5) is 13.7. The van der Waals surface area contributed by atoms with Crippen molar-refractivity contribution in [3.05, 3.63) is 22.7 Å². The van der Waals surface area contributed by atoms with E-state index in [1.807, 2.05) is 6.07 Å². The summed E-state index contributed by atoms with van der Waals surface area (Å²) in [5.41, 5.74) is 1.46. The number of anilines is 1. The van der Waals surface area contributed by atoms with Crippen LogP contribution in [0.4, 0.5) is 5.95 Å². The molecular weight excluding hydrogens is 450 g/mol. The number of imidazole rings is 1. The van der Waals surface area contributed by atoms with Crippen molar-refractivity contribution in [2.45, 2.75) is 71.6 Å². The zero-order valence-electron chi connectivity index (χ0n) is 18.6. The van der Waals surface area contributed by atoms with Crippen molar-refractivity contribution < 1.29 is 9.84 Å². The topological polar surface area (TPSA) is 85.1 Å². The number of aliphatic hydroxyl groups is 1. The second kappa shape index (κ2) is 9.68. The number of hydrogen-bond donors (Lipinski definition) is 2. The number of nitrogens with one attached hydrogen (secondary N) is 1. The van der Waals surface area contributed by atoms with E-state index < -0.39 is 14.2 Å². The van der Waals surface area contributed by atoms with E-state index in [1.54, 1.807) is 13.1 Å². The molecule has 0 unspecified atom stereocenters. The number of hydrogen-bond acceptors (Lipinski definition) is 6. The van der Waals surface area contributed by atoms with Crippen LogP contribution in [0.1, 0.15) is 33.5 Å². The fourth-order valence-corrected chi connectivity index (χ4v) is 4.06. The van der Waals surface area contributed by atoms with Gasteiger partial charge in [0.05, 0.1) is 11.8 Å². The molecule has 0 fully saturated rings. The summed E-state index contributed by atoms with van der Waals surface area (Å²) in [6.07, 6.45) is 1.23. The van der Waals surface area contributed by atoms with Crippen molar-refractivity contribution in [1.82, 2.24) is 19.5 Å². The number of aromatic nitrogens is 4. The van der Waals surface area contributed by atoms with E-state index in [0.717, 1.165) is 34.5 Å². The van der Waals surface area contributed by atoms with Crippen LogP contribution in [-0.4, -0.2) is 52.0 Å². The van der Waals surface area contributed by atoms with Gasteiger partial charge in [0, 0.05) is 32.8 Å². The summed E-state index contributed by atoms with van der Waals surface area (Å²) in [5, 5.41) is 12.6. The van der Waals surface area contributed by atoms with Gasteiger partial charge in [-0.1, -0.05) is 40.4 Å². The lowest BCUT2D eigenvalue weighted by Crippen LogP contribution is -2.24. The second-order valence-electron chi connectivity index (χ2n) is 9.60. The molecule has 0 aliphatic heterocycles. The molecule has 7 nitrogen and oxygen atoms in total. The van der Waals surface area contributed by atoms with Crippen molar-refractivity contribution in [3.8, 4) is 11.4 Å². The van der Waals surface area contributed by atoms with E-state index in [4.69, 9.17) is 9.72 Å². The molecule has 1 atom stereocenters. The maximum absolute atomic E-state index is 9.51. The quantitative estimate of drug-likeness (QED) is 0.403. The van der Waals surface area contributed by atoms with Gasteiger partial charge in [-0.2, -0.15) is 0 Å². The van der Waals surface area contributed by atoms with Crippen LogP contribution in [-0.2, 0) is 16.9 Å². The molecule has 2 aromatic heterocycles. The molecule has 0 amide bonds. The summed E-state index contributed by atoms with van der Waals surface area (Å²) < 4.78 is 8.89. The van der Waals surface area contributed by atoms with Crippen molar-refractivity contribution in [2.75, 3.05) is 18.5 Å². The standard InChI is InChI=1S/C20H34BrN5O2Si/c1-14(27)12-23-19-22-9-8-15(24-19)16-17(21)25-18(20(2,3)4)26(16)13-28-10-11-29(5,6)7/h8-9,14,27H,10-13H2,1-7H3,(H,22,23,24)/t14-/m0/s1. The molecule has 0 spiro atoms. The van der Waals surface area contributed by atoms with E-state index >= 15 is 0 Å². The van der Waals surface area contributed by atoms with Gasteiger partial charge in [0.15, 0.2) is 0 Å². The molecule has 0 bridgehead atoms. The Kier molecular flexibility index (Phi) is 8.00. The monoisotopic (exact) mass is 483 g/mol. The highest BCUT2D eigenvalue weighted by atomic mass is 79.9. The number of nitrogens with zero attached hydrogens (tertiary/aromatic N) is 4. The Morgan fingerprint density at radius 1 is 1.28 bits per heavy atom. The average Bonchev–Trinajstić information content (AvgIpc) is 2.93. The van der Waals surface area contributed by atoms with Gasteiger partial charge in [0.25, 0.3) is 0 Å². The summed E-state index contributed by atoms with van der Waals surface area (Å²) in [5.74, 6) is 1.41. The lowest BCUT2D eigenvalue weighted by Gasteiger charge is -2.22. The number of rotatable bonds is 9. The van der Waals surface area contributed by atoms with Crippen molar-refractivity contribution in [3.63, 3.8) is 0 Å². The number of halogens is 1. The van der Waals surface area contributed by atoms with Gasteiger partial charge < -0.3 is 19.7 Å². The predicted molar refractivity (Wildman–Crippen MR) is 124 cm³/mol. The van der Waals surface area contributed by atoms with Gasteiger partial charge in [0.1, 0.15) is 22.9 Å². The van der Waals surface area contributed by atoms with Gasteiger partial charge in [-0.15, -0.1) is 0 Å². The third kappa shape index (κ3) is 7.16. The van der Waals surface area contributed by atoms with Crippen LogP contribution < -0.4 is 5.32 Å². The molecular formula is C20H34BrN5O2Si. The molecule has 2 aromatic rings. The summed E-state index contributed by atoms with van der Waals surface area (Å²) in [6, 6.07) is 2.98. The molecule has 0 radical (unpaired) electrons. The van der Waals surface area contributed by atoms with E-state index in [1.165, 1.54) is 0 Å². The minimum absolute atomic E-state index is 0.149. The first-order valence-electron chi connectivity index (χ1n) is 9.98. The maximum atomic E-state index is 9.51. The minimum atomic E-state index is -1.15. The Labute approximate surface area is 183 Å². The Morgan fingerprint density at radius 2 is 1.97 bits per heavy atom. The Hall–Kier alpha value is -1.29. The smallest absolute Gasteiger partial charge is 0.223 e. The molecule has 2 rings (SSSR count). The Bertz CT molecular complexity index is 812. The second-order valence-corrected chi connectivity index (χ2v) is 16.0. The Balaban J connectivity index is 2.36. The molecule has 0 aliphatic rings. The minimum Gasteiger partial charge on any atom is -0.392 e. The lowest BCUT2D eigenvalue weighted by molar-refractivity contribution is 0.0841. The van der Waals surface area contributed by atoms with Gasteiger partial charge in [0.2, 0.25) is 5.95 Å². The highest BCUT2D eigenvalue weighted by molar-refractivity contribution is 9.10. The molecule has 0 saturated carbocycles. The van der Waals surface area contributed by atoms with E-state index in [2.05, 4.69) is 76.2 Å². The van der Waals surface area contributed by atoms with E-state index in [9.17, 15) is 5.11 Å². The molecule has 0 aromatic carbocycles. The van der Waals surface area contributed by atoms with Crippen LogP contribution in [0.15, 0.2) is 16.9 Å². The number of ether oxygens (including phenoxy) is 1. The van der Waals surface area contributed by atoms with Crippen LogP contribution in [0.3, 0.4) is 0 Å². The Morgan fingerprint density at radius 3 is 2.55 bits per heavy atom. The summed E-state index contributed by atoms with van der Waals surface area (Å²) in [6.45, 7) is 16.7. The van der Waals surface area contributed by atoms with Gasteiger partial charge in [-0.3, -0.25) is 0 Å². The van der Waals surface area contributed by atoms with Gasteiger partial charge >= 0.3 is 0 Å². The average molecular weight is 485 g/mol.